The summed E-state index contributed by atoms with van der Waals surface area (Å²) >= 11 is 0. The van der Waals surface area contributed by atoms with Crippen LogP contribution in [0.2, 0.25) is 0 Å². The van der Waals surface area contributed by atoms with Crippen molar-refractivity contribution in [2.45, 2.75) is 38.7 Å². The van der Waals surface area contributed by atoms with Gasteiger partial charge in [-0.2, -0.15) is 0 Å². The van der Waals surface area contributed by atoms with Crippen LogP contribution in [0.4, 0.5) is 17.1 Å². The summed E-state index contributed by atoms with van der Waals surface area (Å²) in [5, 5.41) is 17.5. The number of rotatable bonds is 7. The zero-order valence-corrected chi connectivity index (χ0v) is 12.4. The van der Waals surface area contributed by atoms with Gasteiger partial charge in [-0.05, 0) is 31.7 Å². The van der Waals surface area contributed by atoms with Gasteiger partial charge in [0.2, 0.25) is 0 Å². The average Bonchev–Trinajstić information content (AvgIpc) is 2.51. The average molecular weight is 293 g/mol. The Kier molecular flexibility index (Phi) is 5.80. The van der Waals surface area contributed by atoms with Crippen molar-refractivity contribution in [2.24, 2.45) is 0 Å². The van der Waals surface area contributed by atoms with E-state index in [2.05, 4.69) is 17.6 Å². The molecule has 0 amide bonds. The van der Waals surface area contributed by atoms with Gasteiger partial charge in [-0.3, -0.25) is 10.1 Å². The van der Waals surface area contributed by atoms with Crippen molar-refractivity contribution in [3.8, 4) is 0 Å². The van der Waals surface area contributed by atoms with Crippen LogP contribution >= 0.6 is 0 Å². The molecule has 2 N–H and O–H groups in total. The van der Waals surface area contributed by atoms with Crippen LogP contribution in [0.5, 0.6) is 0 Å². The maximum absolute atomic E-state index is 11.0. The number of anilines is 2. The van der Waals surface area contributed by atoms with Gasteiger partial charge in [0.1, 0.15) is 0 Å². The molecule has 1 unspecified atom stereocenters. The van der Waals surface area contributed by atoms with Crippen LogP contribution in [0.25, 0.3) is 0 Å². The molecule has 0 spiro atoms. The van der Waals surface area contributed by atoms with Crippen LogP contribution in [-0.2, 0) is 4.74 Å². The number of ether oxygens (including phenoxy) is 1. The van der Waals surface area contributed by atoms with E-state index in [4.69, 9.17) is 4.74 Å². The van der Waals surface area contributed by atoms with Crippen LogP contribution in [0.15, 0.2) is 18.2 Å². The summed E-state index contributed by atoms with van der Waals surface area (Å²) in [6, 6.07) is 5.05. The van der Waals surface area contributed by atoms with E-state index < -0.39 is 0 Å². The van der Waals surface area contributed by atoms with Crippen LogP contribution < -0.4 is 10.6 Å². The van der Waals surface area contributed by atoms with Gasteiger partial charge in [-0.1, -0.05) is 6.92 Å². The Balaban J connectivity index is 2.02. The fourth-order valence-corrected chi connectivity index (χ4v) is 2.39. The Bertz CT molecular complexity index is 473. The van der Waals surface area contributed by atoms with Crippen LogP contribution in [0.3, 0.4) is 0 Å². The first-order chi connectivity index (χ1) is 10.2. The highest BCUT2D eigenvalue weighted by Gasteiger charge is 2.15. The number of hydrogen-bond acceptors (Lipinski definition) is 5. The third-order valence-electron chi connectivity index (χ3n) is 3.52. The number of nitrogens with one attached hydrogen (secondary N) is 2. The highest BCUT2D eigenvalue weighted by atomic mass is 16.6. The Hall–Kier alpha value is -1.82. The fourth-order valence-electron chi connectivity index (χ4n) is 2.39. The van der Waals surface area contributed by atoms with Crippen LogP contribution in [-0.4, -0.2) is 30.7 Å². The standard InChI is InChI=1S/C15H23N3O3/c1-2-6-16-12-8-13(10-14(9-12)18(19)20)17-11-15-5-3-4-7-21-15/h8-10,15-17H,2-7,11H2,1H3. The van der Waals surface area contributed by atoms with E-state index in [0.717, 1.165) is 43.8 Å². The van der Waals surface area contributed by atoms with Gasteiger partial charge in [0, 0.05) is 43.2 Å². The summed E-state index contributed by atoms with van der Waals surface area (Å²) in [4.78, 5) is 10.6. The molecule has 0 saturated carbocycles. The number of nitro groups is 1. The molecule has 0 radical (unpaired) electrons. The van der Waals surface area contributed by atoms with E-state index >= 15 is 0 Å². The molecule has 1 saturated heterocycles. The van der Waals surface area contributed by atoms with Crippen molar-refractivity contribution >= 4 is 17.1 Å². The monoisotopic (exact) mass is 293 g/mol. The molecule has 1 heterocycles. The summed E-state index contributed by atoms with van der Waals surface area (Å²) in [6.07, 6.45) is 4.53. The van der Waals surface area contributed by atoms with Gasteiger partial charge >= 0.3 is 0 Å². The highest BCUT2D eigenvalue weighted by molar-refractivity contribution is 5.63. The predicted octanol–water partition coefficient (Wildman–Crippen LogP) is 3.40. The minimum atomic E-state index is -0.362. The van der Waals surface area contributed by atoms with E-state index in [1.54, 1.807) is 12.1 Å². The molecule has 6 nitrogen and oxygen atoms in total. The second kappa shape index (κ2) is 7.83. The summed E-state index contributed by atoms with van der Waals surface area (Å²) in [5.41, 5.74) is 1.64. The second-order valence-corrected chi connectivity index (χ2v) is 5.32. The zero-order chi connectivity index (χ0) is 15.1. The zero-order valence-electron chi connectivity index (χ0n) is 12.4. The number of nitro benzene ring substituents is 1. The van der Waals surface area contributed by atoms with Crippen molar-refractivity contribution in [1.29, 1.82) is 0 Å². The molecule has 1 aromatic rings. The van der Waals surface area contributed by atoms with Crippen LogP contribution in [0, 0.1) is 10.1 Å². The maximum atomic E-state index is 11.0. The Morgan fingerprint density at radius 1 is 1.29 bits per heavy atom. The topological polar surface area (TPSA) is 76.4 Å². The largest absolute Gasteiger partial charge is 0.385 e. The lowest BCUT2D eigenvalue weighted by Gasteiger charge is -2.23. The molecule has 0 aliphatic carbocycles. The predicted molar refractivity (Wildman–Crippen MR) is 84.0 cm³/mol. The molecule has 2 rings (SSSR count). The lowest BCUT2D eigenvalue weighted by Crippen LogP contribution is -2.27. The lowest BCUT2D eigenvalue weighted by molar-refractivity contribution is -0.384. The van der Waals surface area contributed by atoms with E-state index in [9.17, 15) is 10.1 Å². The SMILES string of the molecule is CCCNc1cc(NCC2CCCCO2)cc([N+](=O)[O-])c1. The molecule has 1 atom stereocenters. The summed E-state index contributed by atoms with van der Waals surface area (Å²) < 4.78 is 5.66. The Morgan fingerprint density at radius 3 is 2.67 bits per heavy atom. The highest BCUT2D eigenvalue weighted by Crippen LogP contribution is 2.25. The smallest absolute Gasteiger partial charge is 0.273 e. The van der Waals surface area contributed by atoms with Gasteiger partial charge in [-0.25, -0.2) is 0 Å². The number of hydrogen-bond donors (Lipinski definition) is 2. The third-order valence-corrected chi connectivity index (χ3v) is 3.52. The summed E-state index contributed by atoms with van der Waals surface area (Å²) in [6.45, 7) is 4.36. The first kappa shape index (κ1) is 15.6. The molecule has 1 aliphatic heterocycles. The first-order valence-corrected chi connectivity index (χ1v) is 7.58. The quantitative estimate of drug-likeness (QED) is 0.595. The van der Waals surface area contributed by atoms with Crippen LogP contribution in [0.1, 0.15) is 32.6 Å². The summed E-state index contributed by atoms with van der Waals surface area (Å²) in [7, 11) is 0. The van der Waals surface area contributed by atoms with Crippen molar-refractivity contribution < 1.29 is 9.66 Å². The molecule has 116 valence electrons. The molecule has 1 fully saturated rings. The minimum Gasteiger partial charge on any atom is -0.385 e. The molecule has 6 heteroatoms. The van der Waals surface area contributed by atoms with E-state index in [1.165, 1.54) is 6.42 Å². The van der Waals surface area contributed by atoms with Gasteiger partial charge in [0.25, 0.3) is 5.69 Å². The molecule has 0 bridgehead atoms. The number of benzene rings is 1. The van der Waals surface area contributed by atoms with Gasteiger partial charge in [0.05, 0.1) is 11.0 Å². The first-order valence-electron chi connectivity index (χ1n) is 7.58. The number of nitrogens with zero attached hydrogens (tertiary/aromatic N) is 1. The van der Waals surface area contributed by atoms with Gasteiger partial charge in [0.15, 0.2) is 0 Å². The van der Waals surface area contributed by atoms with E-state index in [0.29, 0.717) is 6.54 Å². The molecule has 21 heavy (non-hydrogen) atoms. The Labute approximate surface area is 125 Å². The lowest BCUT2D eigenvalue weighted by atomic mass is 10.1. The van der Waals surface area contributed by atoms with E-state index in [-0.39, 0.29) is 16.7 Å². The van der Waals surface area contributed by atoms with Gasteiger partial charge < -0.3 is 15.4 Å². The summed E-state index contributed by atoms with van der Waals surface area (Å²) in [5.74, 6) is 0. The van der Waals surface area contributed by atoms with Crippen molar-refractivity contribution in [3.63, 3.8) is 0 Å². The van der Waals surface area contributed by atoms with Crippen molar-refractivity contribution in [1.82, 2.24) is 0 Å². The molecule has 1 aliphatic rings. The minimum absolute atomic E-state index is 0.100. The molecular weight excluding hydrogens is 270 g/mol. The number of non-ortho nitro benzene ring substituents is 1. The van der Waals surface area contributed by atoms with Crippen molar-refractivity contribution in [2.75, 3.05) is 30.3 Å². The molecule has 0 aromatic heterocycles. The Morgan fingerprint density at radius 2 is 2.05 bits per heavy atom. The fraction of sp³-hybridized carbons (Fsp3) is 0.600. The second-order valence-electron chi connectivity index (χ2n) is 5.32. The van der Waals surface area contributed by atoms with Crippen molar-refractivity contribution in [3.05, 3.63) is 28.3 Å². The molecular formula is C15H23N3O3. The molecule has 1 aromatic carbocycles. The normalized spacial score (nSPS) is 18.2. The van der Waals surface area contributed by atoms with Gasteiger partial charge in [-0.15, -0.1) is 0 Å². The third kappa shape index (κ3) is 4.90. The van der Waals surface area contributed by atoms with E-state index in [1.807, 2.05) is 6.07 Å². The maximum Gasteiger partial charge on any atom is 0.273 e.